The number of benzene rings is 2. The Hall–Kier alpha value is -2.76. The summed E-state index contributed by atoms with van der Waals surface area (Å²) in [7, 11) is 0. The van der Waals surface area contributed by atoms with Crippen molar-refractivity contribution < 1.29 is 14.0 Å². The van der Waals surface area contributed by atoms with E-state index in [1.807, 2.05) is 13.0 Å². The van der Waals surface area contributed by atoms with Gasteiger partial charge in [-0.1, -0.05) is 29.3 Å². The number of hydrogen-bond donors (Lipinski definition) is 1. The quantitative estimate of drug-likeness (QED) is 0.415. The number of aromatic nitrogens is 1. The summed E-state index contributed by atoms with van der Waals surface area (Å²) < 4.78 is 13.7. The van der Waals surface area contributed by atoms with Gasteiger partial charge in [-0.15, -0.1) is 0 Å². The molecule has 0 aliphatic carbocycles. The molecule has 166 valence electrons. The van der Waals surface area contributed by atoms with Gasteiger partial charge in [-0.2, -0.15) is 0 Å². The van der Waals surface area contributed by atoms with Crippen LogP contribution in [0, 0.1) is 12.7 Å². The molecule has 1 atom stereocenters. The van der Waals surface area contributed by atoms with E-state index in [0.717, 1.165) is 17.4 Å². The highest BCUT2D eigenvalue weighted by molar-refractivity contribution is 6.36. The van der Waals surface area contributed by atoms with Gasteiger partial charge in [-0.05, 0) is 73.9 Å². The van der Waals surface area contributed by atoms with E-state index in [-0.39, 0.29) is 11.7 Å². The number of carbonyl (C=O) groups excluding carboxylic acids is 2. The molecule has 1 unspecified atom stereocenters. The zero-order valence-corrected chi connectivity index (χ0v) is 19.3. The van der Waals surface area contributed by atoms with Crippen molar-refractivity contribution >= 4 is 35.4 Å². The minimum Gasteiger partial charge on any atom is -0.356 e. The largest absolute Gasteiger partial charge is 0.356 e. The summed E-state index contributed by atoms with van der Waals surface area (Å²) in [6.07, 6.45) is 1.64. The molecule has 0 bridgehead atoms. The molecule has 1 heterocycles. The molecule has 0 aliphatic rings. The molecule has 3 rings (SSSR count). The van der Waals surface area contributed by atoms with Gasteiger partial charge in [0.15, 0.2) is 0 Å². The molecule has 0 saturated heterocycles. The van der Waals surface area contributed by atoms with Gasteiger partial charge in [0.2, 0.25) is 5.91 Å². The summed E-state index contributed by atoms with van der Waals surface area (Å²) in [5.41, 5.74) is 3.77. The molecule has 0 radical (unpaired) electrons. The standard InChI is InChI=1S/C25H23Cl2FN2O2/c1-3-29-25(32)24(23-19(26)7-4-8-20(23)27)22-14-16(6-5-11-31)13-21(30-22)18-10-9-17(28)12-15(18)2/h4,7-14,24H,3,5-6H2,1-2H3,(H,29,32). The molecule has 32 heavy (non-hydrogen) atoms. The summed E-state index contributed by atoms with van der Waals surface area (Å²) in [4.78, 5) is 28.9. The molecule has 1 amide bonds. The lowest BCUT2D eigenvalue weighted by Gasteiger charge is -2.21. The van der Waals surface area contributed by atoms with Crippen molar-refractivity contribution in [1.82, 2.24) is 10.3 Å². The van der Waals surface area contributed by atoms with Gasteiger partial charge in [0.05, 0.1) is 11.4 Å². The monoisotopic (exact) mass is 472 g/mol. The molecular formula is C25H23Cl2FN2O2. The van der Waals surface area contributed by atoms with E-state index in [9.17, 15) is 14.0 Å². The SMILES string of the molecule is CCNC(=O)C(c1cc(CCC=O)cc(-c2ccc(F)cc2C)n1)c1c(Cl)cccc1Cl. The Bertz CT molecular complexity index is 1130. The lowest BCUT2D eigenvalue weighted by atomic mass is 9.91. The van der Waals surface area contributed by atoms with Gasteiger partial charge in [0, 0.05) is 34.1 Å². The first kappa shape index (κ1) is 23.9. The van der Waals surface area contributed by atoms with Gasteiger partial charge < -0.3 is 10.1 Å². The number of amides is 1. The molecule has 7 heteroatoms. The van der Waals surface area contributed by atoms with Crippen molar-refractivity contribution in [1.29, 1.82) is 0 Å². The molecular weight excluding hydrogens is 450 g/mol. The van der Waals surface area contributed by atoms with Crippen LogP contribution in [0.5, 0.6) is 0 Å². The molecule has 0 aliphatic heterocycles. The molecule has 4 nitrogen and oxygen atoms in total. The summed E-state index contributed by atoms with van der Waals surface area (Å²) in [5.74, 6) is -1.48. The number of likely N-dealkylation sites (N-methyl/N-ethyl adjacent to an activating group) is 1. The van der Waals surface area contributed by atoms with Crippen molar-refractivity contribution in [2.45, 2.75) is 32.6 Å². The van der Waals surface area contributed by atoms with Crippen LogP contribution >= 0.6 is 23.2 Å². The third kappa shape index (κ3) is 5.34. The van der Waals surface area contributed by atoms with Crippen LogP contribution in [0.1, 0.15) is 41.6 Å². The van der Waals surface area contributed by atoms with E-state index >= 15 is 0 Å². The summed E-state index contributed by atoms with van der Waals surface area (Å²) in [5, 5.41) is 3.55. The van der Waals surface area contributed by atoms with Gasteiger partial charge >= 0.3 is 0 Å². The van der Waals surface area contributed by atoms with E-state index in [1.54, 1.807) is 37.3 Å². The Balaban J connectivity index is 2.25. The number of aryl methyl sites for hydroxylation is 2. The third-order valence-electron chi connectivity index (χ3n) is 5.12. The van der Waals surface area contributed by atoms with Crippen LogP contribution in [0.15, 0.2) is 48.5 Å². The number of nitrogens with one attached hydrogen (secondary N) is 1. The molecule has 1 N–H and O–H groups in total. The van der Waals surface area contributed by atoms with Crippen LogP contribution < -0.4 is 5.32 Å². The second kappa shape index (κ2) is 10.7. The zero-order chi connectivity index (χ0) is 23.3. The number of pyridine rings is 1. The predicted molar refractivity (Wildman–Crippen MR) is 126 cm³/mol. The van der Waals surface area contributed by atoms with Crippen LogP contribution in [0.25, 0.3) is 11.3 Å². The Labute approximate surface area is 196 Å². The van der Waals surface area contributed by atoms with E-state index in [4.69, 9.17) is 28.2 Å². The second-order valence-electron chi connectivity index (χ2n) is 7.41. The molecule has 3 aromatic rings. The van der Waals surface area contributed by atoms with E-state index < -0.39 is 5.92 Å². The number of hydrogen-bond acceptors (Lipinski definition) is 3. The van der Waals surface area contributed by atoms with Crippen LogP contribution in [0.3, 0.4) is 0 Å². The first-order chi connectivity index (χ1) is 15.3. The lowest BCUT2D eigenvalue weighted by Crippen LogP contribution is -2.30. The molecule has 1 aromatic heterocycles. The van der Waals surface area contributed by atoms with Crippen molar-refractivity contribution in [3.8, 4) is 11.3 Å². The van der Waals surface area contributed by atoms with E-state index in [1.165, 1.54) is 12.1 Å². The Morgan fingerprint density at radius 2 is 1.88 bits per heavy atom. The van der Waals surface area contributed by atoms with Gasteiger partial charge in [0.1, 0.15) is 18.0 Å². The van der Waals surface area contributed by atoms with E-state index in [2.05, 4.69) is 5.32 Å². The highest BCUT2D eigenvalue weighted by Gasteiger charge is 2.29. The summed E-state index contributed by atoms with van der Waals surface area (Å²) >= 11 is 12.9. The van der Waals surface area contributed by atoms with Crippen molar-refractivity contribution in [2.75, 3.05) is 6.54 Å². The average molecular weight is 473 g/mol. The Morgan fingerprint density at radius 1 is 1.16 bits per heavy atom. The molecule has 2 aromatic carbocycles. The van der Waals surface area contributed by atoms with E-state index in [0.29, 0.717) is 51.9 Å². The Morgan fingerprint density at radius 3 is 2.50 bits per heavy atom. The molecule has 0 saturated carbocycles. The van der Waals surface area contributed by atoms with Crippen LogP contribution in [-0.4, -0.2) is 23.7 Å². The van der Waals surface area contributed by atoms with Gasteiger partial charge in [0.25, 0.3) is 0 Å². The van der Waals surface area contributed by atoms with Crippen LogP contribution in [0.2, 0.25) is 10.0 Å². The Kier molecular flexibility index (Phi) is 7.99. The van der Waals surface area contributed by atoms with Crippen molar-refractivity contribution in [3.63, 3.8) is 0 Å². The maximum Gasteiger partial charge on any atom is 0.233 e. The smallest absolute Gasteiger partial charge is 0.233 e. The fourth-order valence-corrected chi connectivity index (χ4v) is 4.27. The fourth-order valence-electron chi connectivity index (χ4n) is 3.66. The highest BCUT2D eigenvalue weighted by atomic mass is 35.5. The van der Waals surface area contributed by atoms with Crippen LogP contribution in [-0.2, 0) is 16.0 Å². The average Bonchev–Trinajstić information content (AvgIpc) is 2.74. The summed E-state index contributed by atoms with van der Waals surface area (Å²) in [6.45, 7) is 4.04. The fraction of sp³-hybridized carbons (Fsp3) is 0.240. The minimum atomic E-state index is -0.855. The predicted octanol–water partition coefficient (Wildman–Crippen LogP) is 5.90. The number of aldehydes is 1. The van der Waals surface area contributed by atoms with Crippen LogP contribution in [0.4, 0.5) is 4.39 Å². The third-order valence-corrected chi connectivity index (χ3v) is 5.78. The second-order valence-corrected chi connectivity index (χ2v) is 8.23. The number of rotatable bonds is 8. The first-order valence-electron chi connectivity index (χ1n) is 10.3. The maximum absolute atomic E-state index is 13.7. The maximum atomic E-state index is 13.7. The highest BCUT2D eigenvalue weighted by Crippen LogP contribution is 2.37. The van der Waals surface area contributed by atoms with Crippen molar-refractivity contribution in [2.24, 2.45) is 0 Å². The number of nitrogens with zero attached hydrogens (tertiary/aromatic N) is 1. The summed E-state index contributed by atoms with van der Waals surface area (Å²) in [6, 6.07) is 13.2. The minimum absolute atomic E-state index is 0.288. The van der Waals surface area contributed by atoms with Crippen molar-refractivity contribution in [3.05, 3.63) is 86.8 Å². The number of carbonyl (C=O) groups is 2. The van der Waals surface area contributed by atoms with Gasteiger partial charge in [-0.25, -0.2) is 4.39 Å². The lowest BCUT2D eigenvalue weighted by molar-refractivity contribution is -0.121. The first-order valence-corrected chi connectivity index (χ1v) is 11.0. The zero-order valence-electron chi connectivity index (χ0n) is 17.8. The molecule has 0 spiro atoms. The topological polar surface area (TPSA) is 59.1 Å². The number of halogens is 3. The van der Waals surface area contributed by atoms with Gasteiger partial charge in [-0.3, -0.25) is 9.78 Å². The normalized spacial score (nSPS) is 11.8. The molecule has 0 fully saturated rings.